The lowest BCUT2D eigenvalue weighted by molar-refractivity contribution is -0.143. The zero-order valence-electron chi connectivity index (χ0n) is 44.8. The SMILES string of the molecule is CC(=O)N[C@@H](CS)C(=O)N[C@H](C(=O)N[C@@H](Cc1ccc(O)cc1)C(=O)N[C@@H](CCC(=O)O)C(=O)N1CCC[C@@H]1C(=O)NCC(=O)N[C@@H](CCCCN)C(=O)N[C@@H](CC(C)C)C(=O)N[C@H](C(=O)N[C@@H](CS)C(N)=O)[C@@H](C)O)[C@@H](C)O. The number of carboxylic acids is 1. The van der Waals surface area contributed by atoms with E-state index in [1.54, 1.807) is 13.8 Å². The summed E-state index contributed by atoms with van der Waals surface area (Å²) >= 11 is 8.04. The number of benzene rings is 1. The quantitative estimate of drug-likeness (QED) is 0.0227. The van der Waals surface area contributed by atoms with Gasteiger partial charge in [0, 0.05) is 37.8 Å². The standard InChI is InChI=1S/C49H78N12O16S2/c1-24(2)19-32(44(72)59-40(26(4)63)48(76)58-34(22-78)41(51)69)56-42(70)30(9-6-7-17-50)54-37(66)21-52-46(74)36-10-8-18-61(36)49(77)31(15-16-38(67)68)55-43(71)33(20-28-11-13-29(65)14-12-28)57-47(75)39(25(3)62)60-45(73)35(23-79)53-27(5)64/h11-14,24-26,30-36,39-40,62-63,65,78-79H,6-10,15-23,50H2,1-5H3,(H2,51,69)(H,52,74)(H,53,64)(H,54,66)(H,55,71)(H,56,70)(H,57,75)(H,58,76)(H,59,72)(H,60,73)(H,67,68)/t25-,26-,30+,31+,32+,33+,34+,35+,36-,39+,40+/m1/s1. The minimum Gasteiger partial charge on any atom is -0.508 e. The number of hydrogen-bond acceptors (Lipinski definition) is 18. The fraction of sp³-hybridized carbons (Fsp3) is 0.633. The van der Waals surface area contributed by atoms with E-state index < -0.39 is 157 Å². The average molecular weight is 1160 g/mol. The van der Waals surface area contributed by atoms with Gasteiger partial charge in [-0.1, -0.05) is 26.0 Å². The third-order valence-electron chi connectivity index (χ3n) is 12.3. The molecule has 0 saturated carbocycles. The summed E-state index contributed by atoms with van der Waals surface area (Å²) in [6, 6.07) is -7.28. The summed E-state index contributed by atoms with van der Waals surface area (Å²) in [7, 11) is 0. The zero-order chi connectivity index (χ0) is 59.7. The number of phenolic OH excluding ortho intramolecular Hbond substituents is 1. The molecule has 0 aromatic heterocycles. The van der Waals surface area contributed by atoms with Gasteiger partial charge in [-0.25, -0.2) is 0 Å². The molecule has 28 nitrogen and oxygen atoms in total. The van der Waals surface area contributed by atoms with Crippen LogP contribution in [0.2, 0.25) is 0 Å². The molecule has 0 aliphatic carbocycles. The van der Waals surface area contributed by atoms with E-state index in [9.17, 15) is 78.0 Å². The Morgan fingerprint density at radius 1 is 0.658 bits per heavy atom. The molecule has 11 atom stereocenters. The highest BCUT2D eigenvalue weighted by molar-refractivity contribution is 7.80. The molecule has 442 valence electrons. The molecule has 11 amide bonds. The molecule has 0 bridgehead atoms. The number of rotatable bonds is 34. The average Bonchev–Trinajstić information content (AvgIpc) is 3.88. The summed E-state index contributed by atoms with van der Waals surface area (Å²) in [5.41, 5.74) is 11.4. The van der Waals surface area contributed by atoms with Gasteiger partial charge < -0.3 is 84.6 Å². The lowest BCUT2D eigenvalue weighted by Crippen LogP contribution is -2.61. The third kappa shape index (κ3) is 23.6. The van der Waals surface area contributed by atoms with Crippen molar-refractivity contribution in [2.24, 2.45) is 17.4 Å². The van der Waals surface area contributed by atoms with Gasteiger partial charge in [0.25, 0.3) is 0 Å². The van der Waals surface area contributed by atoms with E-state index in [0.29, 0.717) is 18.4 Å². The van der Waals surface area contributed by atoms with Crippen LogP contribution in [0.3, 0.4) is 0 Å². The monoisotopic (exact) mass is 1150 g/mol. The second-order valence-corrected chi connectivity index (χ2v) is 20.2. The van der Waals surface area contributed by atoms with Crippen molar-refractivity contribution in [1.29, 1.82) is 0 Å². The van der Waals surface area contributed by atoms with Crippen molar-refractivity contribution < 1.29 is 78.0 Å². The lowest BCUT2D eigenvalue weighted by atomic mass is 10.0. The number of nitrogens with two attached hydrogens (primary N) is 2. The van der Waals surface area contributed by atoms with E-state index in [1.165, 1.54) is 38.1 Å². The highest BCUT2D eigenvalue weighted by atomic mass is 32.1. The molecule has 0 spiro atoms. The number of hydrogen-bond donors (Lipinski definition) is 17. The number of primary amides is 1. The summed E-state index contributed by atoms with van der Waals surface area (Å²) in [5.74, 6) is -11.7. The number of carboxylic acid groups (broad SMARTS) is 1. The van der Waals surface area contributed by atoms with E-state index >= 15 is 0 Å². The van der Waals surface area contributed by atoms with Crippen LogP contribution in [0.5, 0.6) is 5.75 Å². The number of aliphatic hydroxyl groups excluding tert-OH is 2. The van der Waals surface area contributed by atoms with E-state index in [0.717, 1.165) is 11.8 Å². The Hall–Kier alpha value is -6.76. The van der Waals surface area contributed by atoms with Gasteiger partial charge in [0.1, 0.15) is 60.1 Å². The van der Waals surface area contributed by atoms with E-state index in [-0.39, 0.29) is 68.4 Å². The Morgan fingerprint density at radius 2 is 1.18 bits per heavy atom. The summed E-state index contributed by atoms with van der Waals surface area (Å²) in [6.45, 7) is 6.53. The largest absolute Gasteiger partial charge is 0.508 e. The van der Waals surface area contributed by atoms with Gasteiger partial charge in [-0.15, -0.1) is 0 Å². The van der Waals surface area contributed by atoms with Crippen LogP contribution >= 0.6 is 25.3 Å². The third-order valence-corrected chi connectivity index (χ3v) is 13.0. The van der Waals surface area contributed by atoms with Crippen LogP contribution in [-0.2, 0) is 64.0 Å². The molecule has 1 heterocycles. The predicted molar refractivity (Wildman–Crippen MR) is 290 cm³/mol. The number of aliphatic carboxylic acids is 1. The molecular formula is C49H78N12O16S2. The van der Waals surface area contributed by atoms with Gasteiger partial charge >= 0.3 is 5.97 Å². The Morgan fingerprint density at radius 3 is 1.68 bits per heavy atom. The van der Waals surface area contributed by atoms with Crippen LogP contribution in [0, 0.1) is 5.92 Å². The van der Waals surface area contributed by atoms with Crippen LogP contribution < -0.4 is 59.3 Å². The van der Waals surface area contributed by atoms with Crippen molar-refractivity contribution in [3.63, 3.8) is 0 Å². The second kappa shape index (κ2) is 34.3. The van der Waals surface area contributed by atoms with Crippen molar-refractivity contribution in [3.8, 4) is 5.75 Å². The lowest BCUT2D eigenvalue weighted by Gasteiger charge is -2.30. The zero-order valence-corrected chi connectivity index (χ0v) is 46.6. The molecular weight excluding hydrogens is 1080 g/mol. The Balaban J connectivity index is 2.33. The number of nitrogens with one attached hydrogen (secondary N) is 9. The molecule has 1 fully saturated rings. The molecule has 1 aliphatic rings. The Labute approximate surface area is 468 Å². The van der Waals surface area contributed by atoms with Gasteiger partial charge in [0.2, 0.25) is 65.0 Å². The second-order valence-electron chi connectivity index (χ2n) is 19.5. The summed E-state index contributed by atoms with van der Waals surface area (Å²) < 4.78 is 0. The summed E-state index contributed by atoms with van der Waals surface area (Å²) in [6.07, 6.45) is -3.31. The number of thiol groups is 2. The number of unbranched alkanes of at least 4 members (excludes halogenated alkanes) is 1. The van der Waals surface area contributed by atoms with E-state index in [2.05, 4.69) is 73.1 Å². The first kappa shape index (κ1) is 68.3. The predicted octanol–water partition coefficient (Wildman–Crippen LogP) is -4.91. The van der Waals surface area contributed by atoms with E-state index in [1.807, 2.05) is 0 Å². The minimum atomic E-state index is -1.70. The highest BCUT2D eigenvalue weighted by Gasteiger charge is 2.40. The summed E-state index contributed by atoms with van der Waals surface area (Å²) in [4.78, 5) is 159. The van der Waals surface area contributed by atoms with Gasteiger partial charge in [-0.05, 0) is 89.0 Å². The molecule has 1 aromatic rings. The summed E-state index contributed by atoms with van der Waals surface area (Å²) in [5, 5.41) is 62.4. The van der Waals surface area contributed by atoms with Crippen molar-refractivity contribution >= 4 is 96.2 Å². The van der Waals surface area contributed by atoms with Crippen molar-refractivity contribution in [2.45, 2.75) is 159 Å². The van der Waals surface area contributed by atoms with Gasteiger partial charge in [-0.2, -0.15) is 25.3 Å². The number of carbonyl (C=O) groups excluding carboxylic acids is 11. The highest BCUT2D eigenvalue weighted by Crippen LogP contribution is 2.21. The molecule has 17 N–H and O–H groups in total. The number of likely N-dealkylation sites (tertiary alicyclic amines) is 1. The number of phenols is 1. The molecule has 1 aromatic carbocycles. The fourth-order valence-corrected chi connectivity index (χ4v) is 8.66. The Bertz CT molecular complexity index is 2300. The normalized spacial score (nSPS) is 16.8. The first-order valence-corrected chi connectivity index (χ1v) is 26.9. The van der Waals surface area contributed by atoms with Crippen molar-refractivity contribution in [2.75, 3.05) is 31.1 Å². The molecule has 1 aliphatic heterocycles. The van der Waals surface area contributed by atoms with Crippen molar-refractivity contribution in [1.82, 2.24) is 52.8 Å². The van der Waals surface area contributed by atoms with Gasteiger partial charge in [-0.3, -0.25) is 57.5 Å². The van der Waals surface area contributed by atoms with Gasteiger partial charge in [0.15, 0.2) is 0 Å². The molecule has 0 radical (unpaired) electrons. The first-order valence-electron chi connectivity index (χ1n) is 25.7. The van der Waals surface area contributed by atoms with Gasteiger partial charge in [0.05, 0.1) is 18.8 Å². The molecule has 30 heteroatoms. The number of aliphatic hydroxyl groups is 2. The fourth-order valence-electron chi connectivity index (χ4n) is 8.13. The maximum atomic E-state index is 14.3. The van der Waals surface area contributed by atoms with Crippen LogP contribution in [0.25, 0.3) is 0 Å². The Kier molecular flexibility index (Phi) is 29.7. The topological polar surface area (TPSA) is 449 Å². The number of amides is 11. The number of aromatic hydroxyl groups is 1. The molecule has 2 rings (SSSR count). The smallest absolute Gasteiger partial charge is 0.303 e. The maximum absolute atomic E-state index is 14.3. The van der Waals surface area contributed by atoms with Crippen LogP contribution in [0.4, 0.5) is 0 Å². The first-order chi connectivity index (χ1) is 37.1. The molecule has 1 saturated heterocycles. The van der Waals surface area contributed by atoms with E-state index in [4.69, 9.17) is 11.5 Å². The number of nitrogens with zero attached hydrogens (tertiary/aromatic N) is 1. The molecule has 0 unspecified atom stereocenters. The van der Waals surface area contributed by atoms with Crippen molar-refractivity contribution in [3.05, 3.63) is 29.8 Å². The van der Waals surface area contributed by atoms with Crippen LogP contribution in [0.1, 0.15) is 91.5 Å². The van der Waals surface area contributed by atoms with Crippen LogP contribution in [0.15, 0.2) is 24.3 Å². The minimum absolute atomic E-state index is 0.0258. The molecule has 79 heavy (non-hydrogen) atoms. The maximum Gasteiger partial charge on any atom is 0.303 e. The number of carbonyl (C=O) groups is 12. The van der Waals surface area contributed by atoms with Crippen LogP contribution in [-0.4, -0.2) is 194 Å².